The molecular weight excluding hydrogens is 234 g/mol. The van der Waals surface area contributed by atoms with Crippen LogP contribution in [0.3, 0.4) is 0 Å². The summed E-state index contributed by atoms with van der Waals surface area (Å²) in [5.41, 5.74) is 0. The molecule has 0 aromatic rings. The van der Waals surface area contributed by atoms with Crippen LogP contribution in [0.15, 0.2) is 0 Å². The smallest absolute Gasteiger partial charge is 0.324 e. The Morgan fingerprint density at radius 2 is 2.17 bits per heavy atom. The monoisotopic (exact) mass is 257 g/mol. The fourth-order valence-electron chi connectivity index (χ4n) is 2.16. The van der Waals surface area contributed by atoms with E-state index in [1.807, 2.05) is 11.8 Å². The molecule has 2 unspecified atom stereocenters. The molecule has 0 aromatic carbocycles. The SMILES string of the molecule is CCOC(=O)C1CNCCN1C(C)C(=O)N(C)C. The fraction of sp³-hybridized carbons (Fsp3) is 0.833. The van der Waals surface area contributed by atoms with Gasteiger partial charge in [0.1, 0.15) is 6.04 Å². The van der Waals surface area contributed by atoms with E-state index in [1.54, 1.807) is 25.9 Å². The van der Waals surface area contributed by atoms with Crippen LogP contribution >= 0.6 is 0 Å². The molecule has 0 aliphatic carbocycles. The van der Waals surface area contributed by atoms with Crippen molar-refractivity contribution in [3.8, 4) is 0 Å². The fourth-order valence-corrected chi connectivity index (χ4v) is 2.16. The maximum absolute atomic E-state index is 12.0. The molecule has 104 valence electrons. The van der Waals surface area contributed by atoms with Gasteiger partial charge in [-0.2, -0.15) is 0 Å². The molecule has 0 spiro atoms. The summed E-state index contributed by atoms with van der Waals surface area (Å²) in [6, 6.07) is -0.686. The number of carbonyl (C=O) groups is 2. The molecule has 1 rings (SSSR count). The first-order valence-electron chi connectivity index (χ1n) is 6.33. The van der Waals surface area contributed by atoms with Gasteiger partial charge in [0.05, 0.1) is 12.6 Å². The molecule has 6 heteroatoms. The second-order valence-corrected chi connectivity index (χ2v) is 4.62. The quantitative estimate of drug-likeness (QED) is 0.675. The van der Waals surface area contributed by atoms with E-state index in [2.05, 4.69) is 5.32 Å². The second-order valence-electron chi connectivity index (χ2n) is 4.62. The summed E-state index contributed by atoms with van der Waals surface area (Å²) in [6.07, 6.45) is 0. The van der Waals surface area contributed by atoms with Crippen molar-refractivity contribution in [3.63, 3.8) is 0 Å². The van der Waals surface area contributed by atoms with Gasteiger partial charge in [-0.05, 0) is 13.8 Å². The highest BCUT2D eigenvalue weighted by Gasteiger charge is 2.35. The van der Waals surface area contributed by atoms with Crippen LogP contribution in [0, 0.1) is 0 Å². The van der Waals surface area contributed by atoms with E-state index in [9.17, 15) is 9.59 Å². The number of carbonyl (C=O) groups excluding carboxylic acids is 2. The minimum atomic E-state index is -0.377. The normalized spacial score (nSPS) is 22.3. The minimum absolute atomic E-state index is 0.00574. The average molecular weight is 257 g/mol. The van der Waals surface area contributed by atoms with Crippen LogP contribution in [0.5, 0.6) is 0 Å². The van der Waals surface area contributed by atoms with E-state index < -0.39 is 0 Å². The van der Waals surface area contributed by atoms with Crippen molar-refractivity contribution < 1.29 is 14.3 Å². The van der Waals surface area contributed by atoms with E-state index in [4.69, 9.17) is 4.74 Å². The molecule has 1 N–H and O–H groups in total. The Hall–Kier alpha value is -1.14. The third kappa shape index (κ3) is 3.43. The lowest BCUT2D eigenvalue weighted by Crippen LogP contribution is -2.60. The second kappa shape index (κ2) is 6.70. The number of rotatable bonds is 4. The topological polar surface area (TPSA) is 61.9 Å². The van der Waals surface area contributed by atoms with Gasteiger partial charge in [-0.3, -0.25) is 14.5 Å². The van der Waals surface area contributed by atoms with E-state index in [0.29, 0.717) is 19.7 Å². The lowest BCUT2D eigenvalue weighted by Gasteiger charge is -2.38. The molecule has 1 aliphatic rings. The zero-order valence-corrected chi connectivity index (χ0v) is 11.6. The molecule has 1 fully saturated rings. The summed E-state index contributed by atoms with van der Waals surface area (Å²) < 4.78 is 5.06. The number of nitrogens with one attached hydrogen (secondary N) is 1. The van der Waals surface area contributed by atoms with Crippen molar-refractivity contribution in [2.75, 3.05) is 40.3 Å². The van der Waals surface area contributed by atoms with Crippen molar-refractivity contribution in [2.24, 2.45) is 0 Å². The highest BCUT2D eigenvalue weighted by atomic mass is 16.5. The summed E-state index contributed by atoms with van der Waals surface area (Å²) >= 11 is 0. The van der Waals surface area contributed by atoms with Crippen LogP contribution in [-0.2, 0) is 14.3 Å². The number of likely N-dealkylation sites (N-methyl/N-ethyl adjacent to an activating group) is 1. The predicted molar refractivity (Wildman–Crippen MR) is 68.2 cm³/mol. The zero-order chi connectivity index (χ0) is 13.7. The summed E-state index contributed by atoms with van der Waals surface area (Å²) in [7, 11) is 3.45. The van der Waals surface area contributed by atoms with Crippen LogP contribution < -0.4 is 5.32 Å². The number of nitrogens with zero attached hydrogens (tertiary/aromatic N) is 2. The number of hydrogen-bond acceptors (Lipinski definition) is 5. The maximum atomic E-state index is 12.0. The van der Waals surface area contributed by atoms with Crippen molar-refractivity contribution in [3.05, 3.63) is 0 Å². The number of esters is 1. The van der Waals surface area contributed by atoms with Crippen LogP contribution in [-0.4, -0.2) is 74.1 Å². The summed E-state index contributed by atoms with van der Waals surface area (Å²) in [5, 5.41) is 3.16. The molecule has 6 nitrogen and oxygen atoms in total. The van der Waals surface area contributed by atoms with Crippen molar-refractivity contribution in [1.29, 1.82) is 0 Å². The Morgan fingerprint density at radius 3 is 2.72 bits per heavy atom. The van der Waals surface area contributed by atoms with E-state index >= 15 is 0 Å². The molecule has 0 radical (unpaired) electrons. The number of amides is 1. The lowest BCUT2D eigenvalue weighted by atomic mass is 10.1. The molecule has 1 aliphatic heterocycles. The standard InChI is InChI=1S/C12H23N3O3/c1-5-18-12(17)10-8-13-6-7-15(10)9(2)11(16)14(3)4/h9-10,13H,5-8H2,1-4H3. The van der Waals surface area contributed by atoms with Gasteiger partial charge in [0.15, 0.2) is 0 Å². The van der Waals surface area contributed by atoms with E-state index in [-0.39, 0.29) is 24.0 Å². The lowest BCUT2D eigenvalue weighted by molar-refractivity contribution is -0.153. The van der Waals surface area contributed by atoms with Gasteiger partial charge >= 0.3 is 5.97 Å². The van der Waals surface area contributed by atoms with Gasteiger partial charge in [0, 0.05) is 33.7 Å². The Bertz CT molecular complexity index is 307. The van der Waals surface area contributed by atoms with Crippen LogP contribution in [0.2, 0.25) is 0 Å². The molecule has 0 aromatic heterocycles. The number of piperazine rings is 1. The Labute approximate surface area is 108 Å². The third-order valence-electron chi connectivity index (χ3n) is 3.14. The van der Waals surface area contributed by atoms with Crippen molar-refractivity contribution in [1.82, 2.24) is 15.1 Å². The van der Waals surface area contributed by atoms with Crippen LogP contribution in [0.1, 0.15) is 13.8 Å². The Balaban J connectivity index is 2.75. The Morgan fingerprint density at radius 1 is 1.50 bits per heavy atom. The van der Waals surface area contributed by atoms with Crippen molar-refractivity contribution in [2.45, 2.75) is 25.9 Å². The maximum Gasteiger partial charge on any atom is 0.324 e. The summed E-state index contributed by atoms with van der Waals surface area (Å²) in [4.78, 5) is 27.3. The number of ether oxygens (including phenoxy) is 1. The van der Waals surface area contributed by atoms with Crippen LogP contribution in [0.25, 0.3) is 0 Å². The third-order valence-corrected chi connectivity index (χ3v) is 3.14. The van der Waals surface area contributed by atoms with Gasteiger partial charge in [-0.25, -0.2) is 0 Å². The molecule has 1 heterocycles. The summed E-state index contributed by atoms with van der Waals surface area (Å²) in [5.74, 6) is -0.255. The van der Waals surface area contributed by atoms with Gasteiger partial charge in [-0.1, -0.05) is 0 Å². The largest absolute Gasteiger partial charge is 0.465 e. The first-order valence-corrected chi connectivity index (χ1v) is 6.33. The average Bonchev–Trinajstić information content (AvgIpc) is 2.37. The van der Waals surface area contributed by atoms with E-state index in [0.717, 1.165) is 6.54 Å². The molecule has 0 bridgehead atoms. The zero-order valence-electron chi connectivity index (χ0n) is 11.6. The first-order chi connectivity index (χ1) is 8.49. The highest BCUT2D eigenvalue weighted by Crippen LogP contribution is 2.11. The highest BCUT2D eigenvalue weighted by molar-refractivity contribution is 5.83. The molecule has 0 saturated carbocycles. The number of hydrogen-bond donors (Lipinski definition) is 1. The molecule has 1 amide bonds. The summed E-state index contributed by atoms with van der Waals surface area (Å²) in [6.45, 7) is 5.96. The first kappa shape index (κ1) is 14.9. The molecule has 18 heavy (non-hydrogen) atoms. The van der Waals surface area contributed by atoms with Gasteiger partial charge < -0.3 is 15.0 Å². The van der Waals surface area contributed by atoms with Gasteiger partial charge in [-0.15, -0.1) is 0 Å². The van der Waals surface area contributed by atoms with Gasteiger partial charge in [0.25, 0.3) is 0 Å². The van der Waals surface area contributed by atoms with Crippen molar-refractivity contribution >= 4 is 11.9 Å². The molecule has 1 saturated heterocycles. The Kier molecular flexibility index (Phi) is 5.55. The molecule has 2 atom stereocenters. The predicted octanol–water partition coefficient (Wildman–Crippen LogP) is -0.700. The van der Waals surface area contributed by atoms with Gasteiger partial charge in [0.2, 0.25) is 5.91 Å². The molecular formula is C12H23N3O3. The van der Waals surface area contributed by atoms with Crippen LogP contribution in [0.4, 0.5) is 0 Å². The van der Waals surface area contributed by atoms with E-state index in [1.165, 1.54) is 0 Å². The minimum Gasteiger partial charge on any atom is -0.465 e.